The van der Waals surface area contributed by atoms with Crippen LogP contribution in [0.4, 0.5) is 8.78 Å². The van der Waals surface area contributed by atoms with Gasteiger partial charge in [-0.05, 0) is 31.2 Å². The van der Waals surface area contributed by atoms with Crippen molar-refractivity contribution in [1.29, 1.82) is 0 Å². The van der Waals surface area contributed by atoms with Crippen LogP contribution >= 0.6 is 0 Å². The Morgan fingerprint density at radius 3 is 2.33 bits per heavy atom. The van der Waals surface area contributed by atoms with Crippen molar-refractivity contribution in [2.75, 3.05) is 14.2 Å². The van der Waals surface area contributed by atoms with Gasteiger partial charge in [-0.1, -0.05) is 12.1 Å². The van der Waals surface area contributed by atoms with E-state index in [1.807, 2.05) is 0 Å². The quantitative estimate of drug-likeness (QED) is 0.941. The summed E-state index contributed by atoms with van der Waals surface area (Å²) in [4.78, 5) is 0. The number of halogens is 2. The van der Waals surface area contributed by atoms with Crippen molar-refractivity contribution in [3.63, 3.8) is 0 Å². The van der Waals surface area contributed by atoms with Gasteiger partial charge in [-0.2, -0.15) is 0 Å². The van der Waals surface area contributed by atoms with Crippen molar-refractivity contribution in [3.05, 3.63) is 59.2 Å². The molecule has 0 fully saturated rings. The van der Waals surface area contributed by atoms with Gasteiger partial charge in [0.25, 0.3) is 0 Å². The molecule has 0 bridgehead atoms. The fourth-order valence-electron chi connectivity index (χ4n) is 2.22. The second-order valence-corrected chi connectivity index (χ2v) is 4.74. The topological polar surface area (TPSA) is 38.7 Å². The van der Waals surface area contributed by atoms with Crippen molar-refractivity contribution >= 4 is 0 Å². The van der Waals surface area contributed by atoms with Gasteiger partial charge in [-0.3, -0.25) is 0 Å². The zero-order chi connectivity index (χ0) is 15.6. The molecule has 0 aromatic heterocycles. The molecule has 0 aliphatic heterocycles. The summed E-state index contributed by atoms with van der Waals surface area (Å²) >= 11 is 0. The lowest BCUT2D eigenvalue weighted by atomic mass is 9.87. The summed E-state index contributed by atoms with van der Waals surface area (Å²) in [7, 11) is 2.91. The predicted octanol–water partition coefficient (Wildman–Crippen LogP) is 3.24. The SMILES string of the molecule is COc1ccc(OC)c(C(C)(O)c2cccc(F)c2F)c1. The van der Waals surface area contributed by atoms with Crippen LogP contribution in [0.15, 0.2) is 36.4 Å². The summed E-state index contributed by atoms with van der Waals surface area (Å²) in [6.07, 6.45) is 0. The molecule has 0 aliphatic carbocycles. The normalized spacial score (nSPS) is 13.6. The molecule has 0 saturated heterocycles. The molecule has 0 heterocycles. The van der Waals surface area contributed by atoms with Crippen molar-refractivity contribution in [1.82, 2.24) is 0 Å². The minimum Gasteiger partial charge on any atom is -0.497 e. The molecular formula is C16H16F2O3. The molecular weight excluding hydrogens is 278 g/mol. The van der Waals surface area contributed by atoms with Gasteiger partial charge in [0.05, 0.1) is 14.2 Å². The third-order valence-corrected chi connectivity index (χ3v) is 3.41. The average Bonchev–Trinajstić information content (AvgIpc) is 2.49. The highest BCUT2D eigenvalue weighted by Crippen LogP contribution is 2.38. The van der Waals surface area contributed by atoms with E-state index in [1.165, 1.54) is 39.3 Å². The highest BCUT2D eigenvalue weighted by Gasteiger charge is 2.33. The zero-order valence-corrected chi connectivity index (χ0v) is 12.0. The number of hydrogen-bond donors (Lipinski definition) is 1. The first kappa shape index (κ1) is 15.3. The minimum absolute atomic E-state index is 0.172. The third kappa shape index (κ3) is 2.69. The van der Waals surface area contributed by atoms with E-state index in [2.05, 4.69) is 0 Å². The molecule has 21 heavy (non-hydrogen) atoms. The van der Waals surface area contributed by atoms with E-state index in [-0.39, 0.29) is 11.1 Å². The molecule has 1 N–H and O–H groups in total. The Kier molecular flexibility index (Phi) is 4.14. The second-order valence-electron chi connectivity index (χ2n) is 4.74. The van der Waals surface area contributed by atoms with E-state index in [1.54, 1.807) is 12.1 Å². The van der Waals surface area contributed by atoms with E-state index in [9.17, 15) is 13.9 Å². The molecule has 0 saturated carbocycles. The summed E-state index contributed by atoms with van der Waals surface area (Å²) in [5, 5.41) is 10.8. The van der Waals surface area contributed by atoms with Crippen LogP contribution in [0.3, 0.4) is 0 Å². The Balaban J connectivity index is 2.65. The van der Waals surface area contributed by atoms with Crippen LogP contribution in [0, 0.1) is 11.6 Å². The highest BCUT2D eigenvalue weighted by molar-refractivity contribution is 5.48. The molecule has 0 spiro atoms. The Morgan fingerprint density at radius 2 is 1.71 bits per heavy atom. The monoisotopic (exact) mass is 294 g/mol. The standard InChI is InChI=1S/C16H16F2O3/c1-16(19,11-5-4-6-13(17)15(11)18)12-9-10(20-2)7-8-14(12)21-3/h4-9,19H,1-3H3. The maximum atomic E-state index is 14.0. The molecule has 112 valence electrons. The largest absolute Gasteiger partial charge is 0.497 e. The van der Waals surface area contributed by atoms with Crippen molar-refractivity contribution in [3.8, 4) is 11.5 Å². The third-order valence-electron chi connectivity index (χ3n) is 3.41. The first-order valence-corrected chi connectivity index (χ1v) is 6.31. The molecule has 3 nitrogen and oxygen atoms in total. The summed E-state index contributed by atoms with van der Waals surface area (Å²) in [5.74, 6) is -1.28. The van der Waals surface area contributed by atoms with Gasteiger partial charge in [0, 0.05) is 11.1 Å². The molecule has 2 rings (SSSR count). The first-order chi connectivity index (χ1) is 9.91. The molecule has 0 radical (unpaired) electrons. The van der Waals surface area contributed by atoms with Crippen LogP contribution in [0.2, 0.25) is 0 Å². The van der Waals surface area contributed by atoms with Gasteiger partial charge in [0.1, 0.15) is 17.1 Å². The molecule has 2 aromatic rings. The van der Waals surface area contributed by atoms with Gasteiger partial charge >= 0.3 is 0 Å². The highest BCUT2D eigenvalue weighted by atomic mass is 19.2. The van der Waals surface area contributed by atoms with Crippen LogP contribution in [-0.4, -0.2) is 19.3 Å². The molecule has 0 amide bonds. The first-order valence-electron chi connectivity index (χ1n) is 6.31. The fraction of sp³-hybridized carbons (Fsp3) is 0.250. The van der Waals surface area contributed by atoms with Crippen molar-refractivity contribution in [2.45, 2.75) is 12.5 Å². The van der Waals surface area contributed by atoms with Gasteiger partial charge in [0.15, 0.2) is 11.6 Å². The van der Waals surface area contributed by atoms with Crippen LogP contribution in [0.1, 0.15) is 18.1 Å². The summed E-state index contributed by atoms with van der Waals surface area (Å²) in [6, 6.07) is 8.45. The average molecular weight is 294 g/mol. The van der Waals surface area contributed by atoms with Gasteiger partial charge < -0.3 is 14.6 Å². The number of methoxy groups -OCH3 is 2. The van der Waals surface area contributed by atoms with Gasteiger partial charge in [-0.15, -0.1) is 0 Å². The number of aliphatic hydroxyl groups is 1. The van der Waals surface area contributed by atoms with Crippen LogP contribution < -0.4 is 9.47 Å². The van der Waals surface area contributed by atoms with Crippen LogP contribution in [0.5, 0.6) is 11.5 Å². The van der Waals surface area contributed by atoms with Gasteiger partial charge in [-0.25, -0.2) is 8.78 Å². The van der Waals surface area contributed by atoms with E-state index in [0.717, 1.165) is 6.07 Å². The lowest BCUT2D eigenvalue weighted by Gasteiger charge is -2.27. The van der Waals surface area contributed by atoms with Gasteiger partial charge in [0.2, 0.25) is 0 Å². The zero-order valence-electron chi connectivity index (χ0n) is 12.0. The van der Waals surface area contributed by atoms with Crippen molar-refractivity contribution in [2.24, 2.45) is 0 Å². The second kappa shape index (κ2) is 5.69. The Labute approximate surface area is 121 Å². The predicted molar refractivity (Wildman–Crippen MR) is 74.6 cm³/mol. The molecule has 5 heteroatoms. The molecule has 1 unspecified atom stereocenters. The number of ether oxygens (including phenoxy) is 2. The maximum absolute atomic E-state index is 14.0. The smallest absolute Gasteiger partial charge is 0.165 e. The Morgan fingerprint density at radius 1 is 1.00 bits per heavy atom. The van der Waals surface area contributed by atoms with E-state index >= 15 is 0 Å². The fourth-order valence-corrected chi connectivity index (χ4v) is 2.22. The van der Waals surface area contributed by atoms with Crippen LogP contribution in [0.25, 0.3) is 0 Å². The maximum Gasteiger partial charge on any atom is 0.165 e. The van der Waals surface area contributed by atoms with Crippen molar-refractivity contribution < 1.29 is 23.4 Å². The number of hydrogen-bond acceptors (Lipinski definition) is 3. The van der Waals surface area contributed by atoms with E-state index in [0.29, 0.717) is 11.5 Å². The van der Waals surface area contributed by atoms with E-state index in [4.69, 9.17) is 9.47 Å². The molecule has 2 aromatic carbocycles. The number of rotatable bonds is 4. The molecule has 0 aliphatic rings. The summed E-state index contributed by atoms with van der Waals surface area (Å²) in [6.45, 7) is 1.38. The molecule has 1 atom stereocenters. The lowest BCUT2D eigenvalue weighted by Crippen LogP contribution is -2.25. The minimum atomic E-state index is -1.77. The van der Waals surface area contributed by atoms with E-state index < -0.39 is 17.2 Å². The Hall–Kier alpha value is -2.14. The lowest BCUT2D eigenvalue weighted by molar-refractivity contribution is 0.0935. The summed E-state index contributed by atoms with van der Waals surface area (Å²) in [5.41, 5.74) is -1.66. The number of benzene rings is 2. The Bertz CT molecular complexity index is 654. The summed E-state index contributed by atoms with van der Waals surface area (Å²) < 4.78 is 37.7. The van der Waals surface area contributed by atoms with Crippen LogP contribution in [-0.2, 0) is 5.60 Å².